The van der Waals surface area contributed by atoms with Crippen molar-refractivity contribution in [1.82, 2.24) is 24.7 Å². The number of fused-ring (bicyclic) bond motifs is 1. The Labute approximate surface area is 303 Å². The van der Waals surface area contributed by atoms with Gasteiger partial charge in [0.15, 0.2) is 6.61 Å². The van der Waals surface area contributed by atoms with Gasteiger partial charge in [-0.2, -0.15) is 23.1 Å². The predicted octanol–water partition coefficient (Wildman–Crippen LogP) is 5.71. The highest BCUT2D eigenvalue weighted by atomic mass is 35.5. The molecular weight excluding hydrogens is 694 g/mol. The highest BCUT2D eigenvalue weighted by Gasteiger charge is 2.48. The zero-order chi connectivity index (χ0) is 33.5. The second-order valence-corrected chi connectivity index (χ2v) is 13.8. The molecule has 0 N–H and O–H groups in total. The molecule has 2 atom stereocenters. The van der Waals surface area contributed by atoms with Gasteiger partial charge in [0.2, 0.25) is 17.7 Å². The number of halogens is 5. The summed E-state index contributed by atoms with van der Waals surface area (Å²) in [6.45, 7) is 4.69. The Kier molecular flexibility index (Phi) is 11.9. The maximum absolute atomic E-state index is 13.7. The normalized spacial score (nSPS) is 22.1. The minimum atomic E-state index is -4.52. The minimum absolute atomic E-state index is 0. The highest BCUT2D eigenvalue weighted by Crippen LogP contribution is 2.42. The van der Waals surface area contributed by atoms with E-state index >= 15 is 0 Å². The Morgan fingerprint density at radius 3 is 2.10 bits per heavy atom. The molecule has 272 valence electrons. The molecule has 0 radical (unpaired) electrons. The predicted molar refractivity (Wildman–Crippen MR) is 186 cm³/mol. The Bertz CT molecular complexity index is 1560. The summed E-state index contributed by atoms with van der Waals surface area (Å²) in [5.74, 6) is 0.830. The topological polar surface area (TPSA) is 80.3 Å². The van der Waals surface area contributed by atoms with Crippen molar-refractivity contribution in [2.75, 3.05) is 59.7 Å². The van der Waals surface area contributed by atoms with Crippen molar-refractivity contribution in [2.24, 2.45) is 5.41 Å². The van der Waals surface area contributed by atoms with Crippen molar-refractivity contribution in [1.29, 1.82) is 0 Å². The zero-order valence-corrected chi connectivity index (χ0v) is 29.8. The molecule has 1 aromatic heterocycles. The molecule has 0 bridgehead atoms. The van der Waals surface area contributed by atoms with Crippen LogP contribution >= 0.6 is 24.8 Å². The SMILES string of the molecule is COc1nc(C2CC2)nc(OCC(F)(F)F)c1CN1C[C@@H]2CN(C(=O)C3(C)COC3)CCN2[C@H](C(c2ccccc2)c2ccccc2)C1.Cl.Cl. The number of aromatic nitrogens is 2. The van der Waals surface area contributed by atoms with Gasteiger partial charge in [-0.25, -0.2) is 0 Å². The van der Waals surface area contributed by atoms with Crippen LogP contribution in [0.5, 0.6) is 11.8 Å². The van der Waals surface area contributed by atoms with E-state index in [0.29, 0.717) is 57.3 Å². The summed E-state index contributed by atoms with van der Waals surface area (Å²) in [7, 11) is 1.48. The summed E-state index contributed by atoms with van der Waals surface area (Å²) in [6.07, 6.45) is -2.76. The van der Waals surface area contributed by atoms with Crippen LogP contribution in [0.3, 0.4) is 0 Å². The lowest BCUT2D eigenvalue weighted by molar-refractivity contribution is -0.173. The third kappa shape index (κ3) is 8.15. The summed E-state index contributed by atoms with van der Waals surface area (Å²) in [5, 5.41) is 0. The van der Waals surface area contributed by atoms with Crippen LogP contribution in [0.25, 0.3) is 0 Å². The van der Waals surface area contributed by atoms with Gasteiger partial charge >= 0.3 is 6.18 Å². The second-order valence-electron chi connectivity index (χ2n) is 13.8. The maximum Gasteiger partial charge on any atom is 0.422 e. The molecular formula is C36H44Cl2F3N5O4. The first-order chi connectivity index (χ1) is 23.1. The van der Waals surface area contributed by atoms with E-state index in [2.05, 4.69) is 68.3 Å². The van der Waals surface area contributed by atoms with Gasteiger partial charge in [-0.15, -0.1) is 24.8 Å². The Hall–Kier alpha value is -3.16. The van der Waals surface area contributed by atoms with Gasteiger partial charge in [0.25, 0.3) is 0 Å². The summed E-state index contributed by atoms with van der Waals surface area (Å²) in [4.78, 5) is 29.5. The molecule has 0 unspecified atom stereocenters. The molecule has 7 rings (SSSR count). The molecule has 1 aliphatic carbocycles. The number of alkyl halides is 3. The largest absolute Gasteiger partial charge is 0.481 e. The van der Waals surface area contributed by atoms with E-state index in [1.165, 1.54) is 18.2 Å². The number of hydrogen-bond acceptors (Lipinski definition) is 8. The van der Waals surface area contributed by atoms with Crippen LogP contribution in [-0.4, -0.2) is 108 Å². The summed E-state index contributed by atoms with van der Waals surface area (Å²) in [5.41, 5.74) is 2.24. The van der Waals surface area contributed by atoms with E-state index in [9.17, 15) is 18.0 Å². The third-order valence-corrected chi connectivity index (χ3v) is 10.1. The van der Waals surface area contributed by atoms with Gasteiger partial charge in [0, 0.05) is 63.2 Å². The molecule has 2 aromatic carbocycles. The Morgan fingerprint density at radius 1 is 0.940 bits per heavy atom. The first-order valence-corrected chi connectivity index (χ1v) is 16.7. The molecule has 50 heavy (non-hydrogen) atoms. The van der Waals surface area contributed by atoms with Crippen molar-refractivity contribution < 1.29 is 32.2 Å². The zero-order valence-electron chi connectivity index (χ0n) is 28.2. The number of benzene rings is 2. The summed E-state index contributed by atoms with van der Waals surface area (Å²) >= 11 is 0. The second kappa shape index (κ2) is 15.6. The van der Waals surface area contributed by atoms with Crippen molar-refractivity contribution in [3.8, 4) is 11.8 Å². The van der Waals surface area contributed by atoms with Crippen LogP contribution in [0.2, 0.25) is 0 Å². The van der Waals surface area contributed by atoms with Gasteiger partial charge in [0.05, 0.1) is 31.3 Å². The molecule has 0 spiro atoms. The van der Waals surface area contributed by atoms with Gasteiger partial charge in [-0.05, 0) is 30.9 Å². The molecule has 4 aliphatic rings. The molecule has 3 aliphatic heterocycles. The number of ether oxygens (including phenoxy) is 3. The van der Waals surface area contributed by atoms with E-state index < -0.39 is 18.2 Å². The van der Waals surface area contributed by atoms with Gasteiger partial charge < -0.3 is 19.1 Å². The van der Waals surface area contributed by atoms with Crippen LogP contribution in [0.1, 0.15) is 54.1 Å². The first-order valence-electron chi connectivity index (χ1n) is 16.7. The molecule has 9 nitrogen and oxygen atoms in total. The number of methoxy groups -OCH3 is 1. The fourth-order valence-corrected chi connectivity index (χ4v) is 7.47. The van der Waals surface area contributed by atoms with Crippen LogP contribution in [0.4, 0.5) is 13.2 Å². The van der Waals surface area contributed by atoms with Crippen LogP contribution in [0.15, 0.2) is 60.7 Å². The average Bonchev–Trinajstić information content (AvgIpc) is 3.93. The van der Waals surface area contributed by atoms with E-state index in [-0.39, 0.29) is 72.9 Å². The third-order valence-electron chi connectivity index (χ3n) is 10.1. The van der Waals surface area contributed by atoms with E-state index in [0.717, 1.165) is 12.8 Å². The molecule has 4 fully saturated rings. The van der Waals surface area contributed by atoms with Gasteiger partial charge in [-0.1, -0.05) is 60.7 Å². The number of carbonyl (C=O) groups is 1. The molecule has 1 saturated carbocycles. The summed E-state index contributed by atoms with van der Waals surface area (Å²) in [6, 6.07) is 20.8. The average molecular weight is 739 g/mol. The van der Waals surface area contributed by atoms with E-state index in [4.69, 9.17) is 14.2 Å². The number of piperazine rings is 2. The first kappa shape index (κ1) is 38.1. The number of amides is 1. The number of carbonyl (C=O) groups excluding carboxylic acids is 1. The lowest BCUT2D eigenvalue weighted by Crippen LogP contribution is -2.68. The standard InChI is InChI=1S/C36H42F3N5O4.2ClH/c1-35(21-47-22-35)34(45)43-15-16-44-27(18-43)17-42(20-29(44)30(24-9-5-3-6-10-24)25-11-7-4-8-12-25)19-28-32(46-2)40-31(26-13-14-26)41-33(28)48-23-36(37,38)39;;/h3-12,26-27,29-30H,13-23H2,1-2H3;2*1H/t27-,29+;;/m1../s1. The minimum Gasteiger partial charge on any atom is -0.481 e. The highest BCUT2D eigenvalue weighted by molar-refractivity contribution is 5.85. The molecule has 3 saturated heterocycles. The van der Waals surface area contributed by atoms with Crippen molar-refractivity contribution in [3.05, 3.63) is 83.2 Å². The van der Waals surface area contributed by atoms with E-state index in [1.54, 1.807) is 0 Å². The van der Waals surface area contributed by atoms with Crippen molar-refractivity contribution >= 4 is 30.7 Å². The quantitative estimate of drug-likeness (QED) is 0.262. The van der Waals surface area contributed by atoms with Crippen molar-refractivity contribution in [3.63, 3.8) is 0 Å². The lowest BCUT2D eigenvalue weighted by atomic mass is 9.81. The van der Waals surface area contributed by atoms with Crippen LogP contribution in [-0.2, 0) is 16.1 Å². The molecule has 3 aromatic rings. The molecule has 14 heteroatoms. The fourth-order valence-electron chi connectivity index (χ4n) is 7.47. The van der Waals surface area contributed by atoms with Crippen LogP contribution < -0.4 is 9.47 Å². The Balaban J connectivity index is 0.00000243. The van der Waals surface area contributed by atoms with Crippen molar-refractivity contribution in [2.45, 2.75) is 56.4 Å². The van der Waals surface area contributed by atoms with E-state index in [1.807, 2.05) is 24.0 Å². The summed E-state index contributed by atoms with van der Waals surface area (Å²) < 4.78 is 56.7. The maximum atomic E-state index is 13.7. The smallest absolute Gasteiger partial charge is 0.422 e. The van der Waals surface area contributed by atoms with Crippen LogP contribution in [0, 0.1) is 5.41 Å². The number of hydrogen-bond donors (Lipinski definition) is 0. The number of rotatable bonds is 10. The van der Waals surface area contributed by atoms with Gasteiger partial charge in [-0.3, -0.25) is 14.6 Å². The monoisotopic (exact) mass is 737 g/mol. The molecule has 1 amide bonds. The Morgan fingerprint density at radius 2 is 1.56 bits per heavy atom. The van der Waals surface area contributed by atoms with Gasteiger partial charge in [0.1, 0.15) is 5.82 Å². The number of nitrogens with zero attached hydrogens (tertiary/aromatic N) is 5. The molecule has 4 heterocycles. The fraction of sp³-hybridized carbons (Fsp3) is 0.528. The lowest BCUT2D eigenvalue weighted by Gasteiger charge is -2.54.